The lowest BCUT2D eigenvalue weighted by atomic mass is 9.90. The summed E-state index contributed by atoms with van der Waals surface area (Å²) in [7, 11) is -0.959. The molecule has 216 valence electrons. The van der Waals surface area contributed by atoms with E-state index in [2.05, 4.69) is 105 Å². The van der Waals surface area contributed by atoms with Crippen LogP contribution in [0.15, 0.2) is 97.8 Å². The zero-order valence-corrected chi connectivity index (χ0v) is 26.3. The van der Waals surface area contributed by atoms with Crippen molar-refractivity contribution in [2.75, 3.05) is 13.7 Å². The minimum Gasteiger partial charge on any atom is -0.493 e. The van der Waals surface area contributed by atoms with Gasteiger partial charge in [-0.3, -0.25) is 4.98 Å². The fourth-order valence-electron chi connectivity index (χ4n) is 7.02. The largest absolute Gasteiger partial charge is 0.493 e. The molecule has 1 fully saturated rings. The highest BCUT2D eigenvalue weighted by atomic mass is 28.4. The zero-order valence-electron chi connectivity index (χ0n) is 25.3. The van der Waals surface area contributed by atoms with E-state index in [1.54, 1.807) is 7.11 Å². The molecule has 4 aromatic rings. The predicted molar refractivity (Wildman–Crippen MR) is 174 cm³/mol. The van der Waals surface area contributed by atoms with E-state index in [1.807, 2.05) is 18.5 Å². The third-order valence-corrected chi connectivity index (χ3v) is 14.1. The Kier molecular flexibility index (Phi) is 7.58. The molecule has 1 spiro atoms. The van der Waals surface area contributed by atoms with Crippen LogP contribution in [0.4, 0.5) is 0 Å². The van der Waals surface area contributed by atoms with E-state index in [0.29, 0.717) is 6.61 Å². The summed E-state index contributed by atoms with van der Waals surface area (Å²) in [5, 5.41) is 2.42. The summed E-state index contributed by atoms with van der Waals surface area (Å²) < 4.78 is 19.5. The molecule has 0 atom stereocenters. The van der Waals surface area contributed by atoms with Gasteiger partial charge in [0.25, 0.3) is 8.32 Å². The first-order valence-corrected chi connectivity index (χ1v) is 16.9. The Balaban J connectivity index is 1.32. The molecule has 3 aromatic carbocycles. The van der Waals surface area contributed by atoms with E-state index in [4.69, 9.17) is 13.9 Å². The van der Waals surface area contributed by atoms with E-state index in [-0.39, 0.29) is 10.6 Å². The summed E-state index contributed by atoms with van der Waals surface area (Å²) in [6, 6.07) is 27.9. The van der Waals surface area contributed by atoms with Gasteiger partial charge in [0, 0.05) is 29.9 Å². The second kappa shape index (κ2) is 11.2. The van der Waals surface area contributed by atoms with Gasteiger partial charge in [0.05, 0.1) is 13.7 Å². The van der Waals surface area contributed by atoms with Crippen molar-refractivity contribution in [3.63, 3.8) is 0 Å². The van der Waals surface area contributed by atoms with E-state index in [9.17, 15) is 0 Å². The van der Waals surface area contributed by atoms with Gasteiger partial charge in [0.15, 0.2) is 11.5 Å². The zero-order chi connectivity index (χ0) is 29.4. The molecule has 4 nitrogen and oxygen atoms in total. The fourth-order valence-corrected chi connectivity index (χ4v) is 11.6. The van der Waals surface area contributed by atoms with E-state index in [1.165, 1.54) is 28.8 Å². The second-order valence-corrected chi connectivity index (χ2v) is 17.1. The van der Waals surface area contributed by atoms with Gasteiger partial charge in [-0.1, -0.05) is 94.1 Å². The maximum absolute atomic E-state index is 7.17. The second-order valence-electron chi connectivity index (χ2n) is 12.8. The maximum Gasteiger partial charge on any atom is 0.261 e. The number of benzene rings is 3. The Hall–Kier alpha value is -3.67. The number of hydrogen-bond acceptors (Lipinski definition) is 4. The van der Waals surface area contributed by atoms with Gasteiger partial charge in [0.2, 0.25) is 0 Å². The van der Waals surface area contributed by atoms with Crippen molar-refractivity contribution in [3.8, 4) is 22.6 Å². The molecule has 1 aliphatic carbocycles. The first-order valence-electron chi connectivity index (χ1n) is 15.0. The summed E-state index contributed by atoms with van der Waals surface area (Å²) in [4.78, 5) is 4.67. The summed E-state index contributed by atoms with van der Waals surface area (Å²) in [5.41, 5.74) is 5.27. The standard InChI is InChI=1S/C37H41NO3Si/c1-27(26-40-42(36(2,3)4,30-14-8-6-9-15-30)31-16-10-7-11-17-31)28-22-29(25-38-24-28)32-18-19-34(39-5)35-33(32)23-37(41-35)20-12-13-21-37/h6-11,14-19,22,24-25H,1,12-13,20-21,23,26H2,2-5H3. The van der Waals surface area contributed by atoms with Crippen LogP contribution in [-0.2, 0) is 10.8 Å². The molecular weight excluding hydrogens is 534 g/mol. The Morgan fingerprint density at radius 3 is 2.17 bits per heavy atom. The molecule has 6 rings (SSSR count). The summed E-state index contributed by atoms with van der Waals surface area (Å²) >= 11 is 0. The molecule has 0 N–H and O–H groups in total. The monoisotopic (exact) mass is 575 g/mol. The smallest absolute Gasteiger partial charge is 0.261 e. The quantitative estimate of drug-likeness (QED) is 0.203. The Labute approximate surface area is 251 Å². The van der Waals surface area contributed by atoms with Crippen LogP contribution in [-0.4, -0.2) is 32.6 Å². The van der Waals surface area contributed by atoms with Crippen LogP contribution in [0.25, 0.3) is 16.7 Å². The average Bonchev–Trinajstić information content (AvgIpc) is 3.63. The third-order valence-electron chi connectivity index (χ3n) is 9.11. The minimum atomic E-state index is -2.68. The fraction of sp³-hybridized carbons (Fsp3) is 0.324. The summed E-state index contributed by atoms with van der Waals surface area (Å²) in [5.74, 6) is 1.71. The number of ether oxygens (including phenoxy) is 2. The highest BCUT2D eigenvalue weighted by Gasteiger charge is 2.50. The van der Waals surface area contributed by atoms with Crippen molar-refractivity contribution in [3.05, 3.63) is 109 Å². The van der Waals surface area contributed by atoms with Gasteiger partial charge in [0.1, 0.15) is 5.60 Å². The SMILES string of the molecule is C=C(CO[Si](c1ccccc1)(c1ccccc1)C(C)(C)C)c1cncc(-c2ccc(OC)c3c2CC2(CCCC2)O3)c1. The maximum atomic E-state index is 7.17. The van der Waals surface area contributed by atoms with Crippen LogP contribution in [0.1, 0.15) is 57.6 Å². The highest BCUT2D eigenvalue weighted by molar-refractivity contribution is 6.99. The van der Waals surface area contributed by atoms with Gasteiger partial charge >= 0.3 is 0 Å². The molecule has 5 heteroatoms. The van der Waals surface area contributed by atoms with Gasteiger partial charge in [-0.2, -0.15) is 0 Å². The van der Waals surface area contributed by atoms with Crippen LogP contribution in [0.5, 0.6) is 11.5 Å². The molecule has 0 unspecified atom stereocenters. The van der Waals surface area contributed by atoms with E-state index < -0.39 is 8.32 Å². The van der Waals surface area contributed by atoms with Crippen molar-refractivity contribution >= 4 is 24.3 Å². The predicted octanol–water partition coefficient (Wildman–Crippen LogP) is 7.59. The van der Waals surface area contributed by atoms with Crippen LogP contribution in [0.2, 0.25) is 5.04 Å². The van der Waals surface area contributed by atoms with Gasteiger partial charge in [-0.05, 0) is 69.9 Å². The topological polar surface area (TPSA) is 40.6 Å². The molecule has 2 heterocycles. The van der Waals surface area contributed by atoms with Crippen molar-refractivity contribution in [1.29, 1.82) is 0 Å². The van der Waals surface area contributed by atoms with Crippen LogP contribution in [0.3, 0.4) is 0 Å². The first kappa shape index (κ1) is 28.4. The minimum absolute atomic E-state index is 0.0933. The number of methoxy groups -OCH3 is 1. The molecule has 0 saturated heterocycles. The molecule has 42 heavy (non-hydrogen) atoms. The van der Waals surface area contributed by atoms with Gasteiger partial charge in [-0.15, -0.1) is 0 Å². The number of pyridine rings is 1. The van der Waals surface area contributed by atoms with Gasteiger partial charge in [-0.25, -0.2) is 0 Å². The van der Waals surface area contributed by atoms with E-state index >= 15 is 0 Å². The van der Waals surface area contributed by atoms with Gasteiger partial charge < -0.3 is 13.9 Å². The third kappa shape index (κ3) is 4.99. The van der Waals surface area contributed by atoms with Crippen molar-refractivity contribution in [2.45, 2.75) is 63.5 Å². The number of fused-ring (bicyclic) bond motifs is 1. The lowest BCUT2D eigenvalue weighted by Crippen LogP contribution is -2.66. The first-order chi connectivity index (χ1) is 20.3. The van der Waals surface area contributed by atoms with Crippen LogP contribution in [0, 0.1) is 0 Å². The number of nitrogens with zero attached hydrogens (tertiary/aromatic N) is 1. The molecule has 0 amide bonds. The summed E-state index contributed by atoms with van der Waals surface area (Å²) in [6.45, 7) is 11.8. The van der Waals surface area contributed by atoms with E-state index in [0.717, 1.165) is 53.0 Å². The normalized spacial score (nSPS) is 15.8. The Bertz CT molecular complexity index is 1530. The number of aromatic nitrogens is 1. The molecule has 1 aliphatic heterocycles. The summed E-state index contributed by atoms with van der Waals surface area (Å²) in [6.07, 6.45) is 9.39. The Morgan fingerprint density at radius 2 is 1.57 bits per heavy atom. The highest BCUT2D eigenvalue weighted by Crippen LogP contribution is 2.51. The number of hydrogen-bond donors (Lipinski definition) is 0. The van der Waals surface area contributed by atoms with Crippen LogP contribution >= 0.6 is 0 Å². The molecule has 1 saturated carbocycles. The molecule has 1 aromatic heterocycles. The Morgan fingerprint density at radius 1 is 0.929 bits per heavy atom. The van der Waals surface area contributed by atoms with Crippen LogP contribution < -0.4 is 19.8 Å². The molecule has 0 radical (unpaired) electrons. The lowest BCUT2D eigenvalue weighted by Gasteiger charge is -2.43. The number of rotatable bonds is 8. The van der Waals surface area contributed by atoms with Crippen molar-refractivity contribution in [2.24, 2.45) is 0 Å². The lowest BCUT2D eigenvalue weighted by molar-refractivity contribution is 0.0996. The molecule has 0 bridgehead atoms. The van der Waals surface area contributed by atoms with Crippen molar-refractivity contribution in [1.82, 2.24) is 4.98 Å². The molecule has 2 aliphatic rings. The average molecular weight is 576 g/mol. The molecular formula is C37H41NO3Si. The van der Waals surface area contributed by atoms with Crippen molar-refractivity contribution < 1.29 is 13.9 Å².